The summed E-state index contributed by atoms with van der Waals surface area (Å²) in [7, 11) is 0. The third kappa shape index (κ3) is 5.77. The molecule has 1 unspecified atom stereocenters. The van der Waals surface area contributed by atoms with Crippen LogP contribution in [-0.2, 0) is 0 Å². The van der Waals surface area contributed by atoms with Gasteiger partial charge < -0.3 is 16.0 Å². The summed E-state index contributed by atoms with van der Waals surface area (Å²) in [5.41, 5.74) is 2.12. The third-order valence-electron chi connectivity index (χ3n) is 3.79. The number of benzene rings is 2. The Balaban J connectivity index is 2.01. The second-order valence-corrected chi connectivity index (χ2v) is 6.76. The predicted molar refractivity (Wildman–Crippen MR) is 106 cm³/mol. The van der Waals surface area contributed by atoms with Gasteiger partial charge in [0.25, 0.3) is 5.91 Å². The van der Waals surface area contributed by atoms with Crippen LogP contribution in [0.4, 0.5) is 10.5 Å². The molecule has 0 bridgehead atoms. The van der Waals surface area contributed by atoms with Crippen LogP contribution in [0.15, 0.2) is 48.5 Å². The standard InChI is InChI=1S/C20H24ClN3O2/c1-4-18(15-6-5-7-16(21)12-15)24-19(25)14-8-10-17(11-9-14)23-20(26)22-13(2)3/h5-13,18H,4H2,1-3H3,(H,24,25)(H2,22,23,26). The molecule has 2 aromatic carbocycles. The van der Waals surface area contributed by atoms with Crippen LogP contribution in [0.5, 0.6) is 0 Å². The summed E-state index contributed by atoms with van der Waals surface area (Å²) in [5, 5.41) is 9.13. The van der Waals surface area contributed by atoms with Gasteiger partial charge in [0.15, 0.2) is 0 Å². The first-order valence-electron chi connectivity index (χ1n) is 8.63. The number of halogens is 1. The maximum atomic E-state index is 12.5. The highest BCUT2D eigenvalue weighted by Crippen LogP contribution is 2.21. The molecule has 3 amide bonds. The topological polar surface area (TPSA) is 70.2 Å². The summed E-state index contributed by atoms with van der Waals surface area (Å²) in [6.07, 6.45) is 0.751. The highest BCUT2D eigenvalue weighted by Gasteiger charge is 2.14. The summed E-state index contributed by atoms with van der Waals surface area (Å²) in [5.74, 6) is -0.171. The van der Waals surface area contributed by atoms with Crippen molar-refractivity contribution < 1.29 is 9.59 Å². The van der Waals surface area contributed by atoms with Crippen molar-refractivity contribution in [2.45, 2.75) is 39.3 Å². The zero-order valence-electron chi connectivity index (χ0n) is 15.2. The summed E-state index contributed by atoms with van der Waals surface area (Å²) in [4.78, 5) is 24.2. The third-order valence-corrected chi connectivity index (χ3v) is 4.02. The van der Waals surface area contributed by atoms with E-state index in [0.717, 1.165) is 12.0 Å². The van der Waals surface area contributed by atoms with E-state index in [1.807, 2.05) is 39.0 Å². The van der Waals surface area contributed by atoms with Gasteiger partial charge in [-0.15, -0.1) is 0 Å². The first-order chi connectivity index (χ1) is 12.4. The van der Waals surface area contributed by atoms with Crippen LogP contribution in [0.3, 0.4) is 0 Å². The molecular formula is C20H24ClN3O2. The summed E-state index contributed by atoms with van der Waals surface area (Å²) in [6, 6.07) is 13.9. The first-order valence-corrected chi connectivity index (χ1v) is 9.00. The monoisotopic (exact) mass is 373 g/mol. The van der Waals surface area contributed by atoms with Crippen molar-refractivity contribution in [1.82, 2.24) is 10.6 Å². The fourth-order valence-electron chi connectivity index (χ4n) is 2.52. The van der Waals surface area contributed by atoms with Crippen molar-refractivity contribution in [3.63, 3.8) is 0 Å². The molecule has 138 valence electrons. The fraction of sp³-hybridized carbons (Fsp3) is 0.300. The molecule has 0 aliphatic heterocycles. The van der Waals surface area contributed by atoms with E-state index in [1.54, 1.807) is 30.3 Å². The Morgan fingerprint density at radius 1 is 1.04 bits per heavy atom. The molecule has 0 radical (unpaired) electrons. The van der Waals surface area contributed by atoms with Crippen molar-refractivity contribution in [2.75, 3.05) is 5.32 Å². The Labute approximate surface area is 159 Å². The van der Waals surface area contributed by atoms with Crippen LogP contribution in [0.1, 0.15) is 49.2 Å². The van der Waals surface area contributed by atoms with E-state index in [1.165, 1.54) is 0 Å². The van der Waals surface area contributed by atoms with E-state index in [9.17, 15) is 9.59 Å². The lowest BCUT2D eigenvalue weighted by Gasteiger charge is -2.18. The van der Waals surface area contributed by atoms with Gasteiger partial charge in [0.2, 0.25) is 0 Å². The minimum atomic E-state index is -0.274. The second-order valence-electron chi connectivity index (χ2n) is 6.32. The summed E-state index contributed by atoms with van der Waals surface area (Å²) >= 11 is 6.04. The van der Waals surface area contributed by atoms with Crippen molar-refractivity contribution in [2.24, 2.45) is 0 Å². The number of hydrogen-bond donors (Lipinski definition) is 3. The lowest BCUT2D eigenvalue weighted by molar-refractivity contribution is 0.0935. The van der Waals surface area contributed by atoms with Crippen molar-refractivity contribution in [3.8, 4) is 0 Å². The molecule has 0 aliphatic carbocycles. The van der Waals surface area contributed by atoms with Gasteiger partial charge in [0.05, 0.1) is 6.04 Å². The zero-order chi connectivity index (χ0) is 19.1. The molecule has 0 fully saturated rings. The van der Waals surface area contributed by atoms with Crippen LogP contribution in [-0.4, -0.2) is 18.0 Å². The first kappa shape index (κ1) is 19.8. The Bertz CT molecular complexity index is 760. The number of carbonyl (C=O) groups is 2. The molecule has 0 saturated carbocycles. The fourth-order valence-corrected chi connectivity index (χ4v) is 2.72. The van der Waals surface area contributed by atoms with Gasteiger partial charge in [-0.05, 0) is 62.2 Å². The van der Waals surface area contributed by atoms with Crippen molar-refractivity contribution in [3.05, 3.63) is 64.7 Å². The van der Waals surface area contributed by atoms with E-state index in [0.29, 0.717) is 16.3 Å². The van der Waals surface area contributed by atoms with E-state index in [4.69, 9.17) is 11.6 Å². The molecule has 2 rings (SSSR count). The molecule has 6 heteroatoms. The van der Waals surface area contributed by atoms with Gasteiger partial charge in [0.1, 0.15) is 0 Å². The Kier molecular flexibility index (Phi) is 7.04. The van der Waals surface area contributed by atoms with Crippen LogP contribution >= 0.6 is 11.6 Å². The Morgan fingerprint density at radius 2 is 1.73 bits per heavy atom. The Hall–Kier alpha value is -2.53. The van der Waals surface area contributed by atoms with Gasteiger partial charge in [-0.1, -0.05) is 30.7 Å². The van der Waals surface area contributed by atoms with Gasteiger partial charge >= 0.3 is 6.03 Å². The molecule has 3 N–H and O–H groups in total. The molecule has 2 aromatic rings. The number of hydrogen-bond acceptors (Lipinski definition) is 2. The van der Waals surface area contributed by atoms with E-state index < -0.39 is 0 Å². The smallest absolute Gasteiger partial charge is 0.319 e. The molecule has 0 saturated heterocycles. The molecule has 1 atom stereocenters. The van der Waals surface area contributed by atoms with Gasteiger partial charge in [-0.25, -0.2) is 4.79 Å². The minimum Gasteiger partial charge on any atom is -0.345 e. The second kappa shape index (κ2) is 9.25. The number of carbonyl (C=O) groups excluding carboxylic acids is 2. The zero-order valence-corrected chi connectivity index (χ0v) is 15.9. The number of rotatable bonds is 6. The van der Waals surface area contributed by atoms with E-state index in [2.05, 4.69) is 16.0 Å². The molecule has 0 heterocycles. The lowest BCUT2D eigenvalue weighted by atomic mass is 10.0. The number of urea groups is 1. The highest BCUT2D eigenvalue weighted by molar-refractivity contribution is 6.30. The van der Waals surface area contributed by atoms with E-state index >= 15 is 0 Å². The van der Waals surface area contributed by atoms with Gasteiger partial charge in [-0.2, -0.15) is 0 Å². The van der Waals surface area contributed by atoms with E-state index in [-0.39, 0.29) is 24.0 Å². The molecule has 26 heavy (non-hydrogen) atoms. The van der Waals surface area contributed by atoms with Crippen molar-refractivity contribution >= 4 is 29.2 Å². The SMILES string of the molecule is CCC(NC(=O)c1ccc(NC(=O)NC(C)C)cc1)c1cccc(Cl)c1. The molecule has 5 nitrogen and oxygen atoms in total. The Morgan fingerprint density at radius 3 is 2.31 bits per heavy atom. The molecule has 0 aromatic heterocycles. The summed E-state index contributed by atoms with van der Waals surface area (Å²) < 4.78 is 0. The minimum absolute atomic E-state index is 0.0533. The molecular weight excluding hydrogens is 350 g/mol. The lowest BCUT2D eigenvalue weighted by Crippen LogP contribution is -2.34. The van der Waals surface area contributed by atoms with Crippen LogP contribution in [0.2, 0.25) is 5.02 Å². The number of nitrogens with one attached hydrogen (secondary N) is 3. The molecule has 0 aliphatic rings. The van der Waals surface area contributed by atoms with Gasteiger partial charge in [-0.3, -0.25) is 4.79 Å². The van der Waals surface area contributed by atoms with Crippen LogP contribution < -0.4 is 16.0 Å². The predicted octanol–water partition coefficient (Wildman–Crippen LogP) is 4.75. The normalized spacial score (nSPS) is 11.7. The maximum absolute atomic E-state index is 12.5. The quantitative estimate of drug-likeness (QED) is 0.683. The maximum Gasteiger partial charge on any atom is 0.319 e. The average Bonchev–Trinajstić information content (AvgIpc) is 2.59. The summed E-state index contributed by atoms with van der Waals surface area (Å²) in [6.45, 7) is 5.78. The average molecular weight is 374 g/mol. The van der Waals surface area contributed by atoms with Crippen LogP contribution in [0.25, 0.3) is 0 Å². The van der Waals surface area contributed by atoms with Crippen LogP contribution in [0, 0.1) is 0 Å². The number of anilines is 1. The highest BCUT2D eigenvalue weighted by atomic mass is 35.5. The largest absolute Gasteiger partial charge is 0.345 e. The molecule has 0 spiro atoms. The van der Waals surface area contributed by atoms with Crippen molar-refractivity contribution in [1.29, 1.82) is 0 Å². The number of amides is 3. The van der Waals surface area contributed by atoms with Gasteiger partial charge in [0, 0.05) is 22.3 Å².